The lowest BCUT2D eigenvalue weighted by molar-refractivity contribution is -0.187. The molecule has 4 amide bonds. The number of carbonyl (C=O) groups excluding carboxylic acids is 4. The second-order valence-electron chi connectivity index (χ2n) is 6.46. The van der Waals surface area contributed by atoms with Crippen molar-refractivity contribution >= 4 is 23.6 Å². The Kier molecular flexibility index (Phi) is 4.92. The fourth-order valence-corrected chi connectivity index (χ4v) is 4.16. The van der Waals surface area contributed by atoms with Crippen molar-refractivity contribution in [3.8, 4) is 0 Å². The molecule has 2 rings (SSSR count). The molecule has 6 heteroatoms. The first-order chi connectivity index (χ1) is 10.9. The Balaban J connectivity index is 2.60. The molecule has 0 aliphatic carbocycles. The molecule has 0 aromatic carbocycles. The summed E-state index contributed by atoms with van der Waals surface area (Å²) in [5, 5.41) is 0. The molecule has 0 atom stereocenters. The number of hydrogen-bond acceptors (Lipinski definition) is 4. The molecule has 0 radical (unpaired) electrons. The predicted octanol–water partition coefficient (Wildman–Crippen LogP) is 1.58. The first kappa shape index (κ1) is 17.6. The average Bonchev–Trinajstić information content (AvgIpc) is 2.54. The minimum absolute atomic E-state index is 0.266. The Morgan fingerprint density at radius 3 is 1.22 bits per heavy atom. The second-order valence-corrected chi connectivity index (χ2v) is 6.46. The van der Waals surface area contributed by atoms with Crippen LogP contribution in [-0.2, 0) is 19.2 Å². The minimum atomic E-state index is -0.906. The van der Waals surface area contributed by atoms with Gasteiger partial charge in [-0.2, -0.15) is 0 Å². The van der Waals surface area contributed by atoms with E-state index >= 15 is 0 Å². The molecule has 23 heavy (non-hydrogen) atoms. The Bertz CT molecular complexity index is 463. The summed E-state index contributed by atoms with van der Waals surface area (Å²) in [7, 11) is 0. The van der Waals surface area contributed by atoms with Crippen molar-refractivity contribution in [1.82, 2.24) is 9.80 Å². The Morgan fingerprint density at radius 1 is 0.696 bits per heavy atom. The Hall–Kier alpha value is -1.72. The summed E-state index contributed by atoms with van der Waals surface area (Å²) < 4.78 is 0. The van der Waals surface area contributed by atoms with Gasteiger partial charge in [-0.3, -0.25) is 29.0 Å². The molecular weight excluding hydrogens is 296 g/mol. The number of amides is 4. The maximum absolute atomic E-state index is 12.9. The van der Waals surface area contributed by atoms with E-state index in [2.05, 4.69) is 0 Å². The van der Waals surface area contributed by atoms with Gasteiger partial charge < -0.3 is 0 Å². The summed E-state index contributed by atoms with van der Waals surface area (Å²) in [6.45, 7) is 7.98. The standard InChI is InChI=1S/C17H26N2O4/c1-5-9-18-13(20)11-15(22)19(10-6-2)16(23)12(14(18)21)17(11,7-3)8-4/h11-12H,5-10H2,1-4H3. The summed E-state index contributed by atoms with van der Waals surface area (Å²) in [5.74, 6) is -3.50. The number of piperidine rings is 2. The van der Waals surface area contributed by atoms with Gasteiger partial charge in [-0.25, -0.2) is 0 Å². The van der Waals surface area contributed by atoms with Gasteiger partial charge in [0.1, 0.15) is 11.8 Å². The van der Waals surface area contributed by atoms with E-state index in [9.17, 15) is 19.2 Å². The summed E-state index contributed by atoms with van der Waals surface area (Å²) in [4.78, 5) is 53.8. The molecule has 6 nitrogen and oxygen atoms in total. The predicted molar refractivity (Wildman–Crippen MR) is 84.0 cm³/mol. The largest absolute Gasteiger partial charge is 0.281 e. The van der Waals surface area contributed by atoms with Crippen molar-refractivity contribution in [2.24, 2.45) is 17.3 Å². The van der Waals surface area contributed by atoms with Gasteiger partial charge in [-0.1, -0.05) is 27.7 Å². The zero-order chi connectivity index (χ0) is 17.4. The molecule has 0 spiro atoms. The molecule has 0 aromatic heterocycles. The summed E-state index contributed by atoms with van der Waals surface area (Å²) in [6, 6.07) is 0. The number of likely N-dealkylation sites (tertiary alicyclic amines) is 2. The third kappa shape index (κ3) is 2.30. The van der Waals surface area contributed by atoms with Crippen LogP contribution in [0.4, 0.5) is 0 Å². The molecule has 0 N–H and O–H groups in total. The molecule has 0 saturated carbocycles. The van der Waals surface area contributed by atoms with Crippen LogP contribution in [0.3, 0.4) is 0 Å². The molecule has 0 aromatic rings. The topological polar surface area (TPSA) is 74.8 Å². The van der Waals surface area contributed by atoms with Gasteiger partial charge in [-0.05, 0) is 25.7 Å². The van der Waals surface area contributed by atoms with Gasteiger partial charge in [0, 0.05) is 18.5 Å². The molecule has 2 saturated heterocycles. The number of fused-ring (bicyclic) bond motifs is 2. The van der Waals surface area contributed by atoms with Crippen molar-refractivity contribution in [1.29, 1.82) is 0 Å². The fourth-order valence-electron chi connectivity index (χ4n) is 4.16. The van der Waals surface area contributed by atoms with E-state index < -0.39 is 40.9 Å². The molecule has 2 aliphatic heterocycles. The number of hydrogen-bond donors (Lipinski definition) is 0. The highest BCUT2D eigenvalue weighted by atomic mass is 16.2. The first-order valence-corrected chi connectivity index (χ1v) is 8.61. The fraction of sp³-hybridized carbons (Fsp3) is 0.765. The van der Waals surface area contributed by atoms with Crippen LogP contribution in [0.1, 0.15) is 53.4 Å². The monoisotopic (exact) mass is 322 g/mol. The lowest BCUT2D eigenvalue weighted by atomic mass is 9.57. The van der Waals surface area contributed by atoms with Gasteiger partial charge in [0.15, 0.2) is 0 Å². The average molecular weight is 322 g/mol. The van der Waals surface area contributed by atoms with Gasteiger partial charge in [-0.15, -0.1) is 0 Å². The van der Waals surface area contributed by atoms with E-state index in [4.69, 9.17) is 0 Å². The highest BCUT2D eigenvalue weighted by Crippen LogP contribution is 2.51. The highest BCUT2D eigenvalue weighted by molar-refractivity contribution is 6.22. The van der Waals surface area contributed by atoms with Gasteiger partial charge in [0.2, 0.25) is 23.6 Å². The smallest absolute Gasteiger partial charge is 0.242 e. The summed E-state index contributed by atoms with van der Waals surface area (Å²) in [5.41, 5.74) is -0.864. The summed E-state index contributed by atoms with van der Waals surface area (Å²) >= 11 is 0. The zero-order valence-electron chi connectivity index (χ0n) is 14.4. The van der Waals surface area contributed by atoms with Crippen LogP contribution in [0.5, 0.6) is 0 Å². The van der Waals surface area contributed by atoms with E-state index in [1.807, 2.05) is 27.7 Å². The van der Waals surface area contributed by atoms with Gasteiger partial charge in [0.05, 0.1) is 0 Å². The van der Waals surface area contributed by atoms with Crippen molar-refractivity contribution in [3.05, 3.63) is 0 Å². The quantitative estimate of drug-likeness (QED) is 0.550. The van der Waals surface area contributed by atoms with Crippen LogP contribution in [0.2, 0.25) is 0 Å². The maximum atomic E-state index is 12.9. The molecule has 2 bridgehead atoms. The highest BCUT2D eigenvalue weighted by Gasteiger charge is 2.66. The number of nitrogens with zero attached hydrogens (tertiary/aromatic N) is 2. The second kappa shape index (κ2) is 6.42. The van der Waals surface area contributed by atoms with Crippen LogP contribution in [-0.4, -0.2) is 46.5 Å². The van der Waals surface area contributed by atoms with Crippen molar-refractivity contribution in [3.63, 3.8) is 0 Å². The minimum Gasteiger partial charge on any atom is -0.281 e. The number of carbonyl (C=O) groups is 4. The van der Waals surface area contributed by atoms with E-state index in [1.54, 1.807) is 0 Å². The molecule has 2 heterocycles. The lowest BCUT2D eigenvalue weighted by Gasteiger charge is -2.53. The van der Waals surface area contributed by atoms with Gasteiger partial charge >= 0.3 is 0 Å². The van der Waals surface area contributed by atoms with Gasteiger partial charge in [0.25, 0.3) is 0 Å². The SMILES string of the molecule is CCCN1C(=O)C2C(=O)N(CCC)C(=O)C(C1=O)C2(CC)CC. The van der Waals surface area contributed by atoms with E-state index in [0.717, 1.165) is 9.80 Å². The van der Waals surface area contributed by atoms with E-state index in [0.29, 0.717) is 25.7 Å². The normalized spacial score (nSPS) is 27.0. The first-order valence-electron chi connectivity index (χ1n) is 8.61. The molecule has 0 unspecified atom stereocenters. The molecule has 2 fully saturated rings. The molecule has 128 valence electrons. The van der Waals surface area contributed by atoms with Crippen molar-refractivity contribution in [2.45, 2.75) is 53.4 Å². The van der Waals surface area contributed by atoms with Crippen LogP contribution >= 0.6 is 0 Å². The van der Waals surface area contributed by atoms with E-state index in [-0.39, 0.29) is 13.1 Å². The Labute approximate surface area is 137 Å². The number of rotatable bonds is 6. The lowest BCUT2D eigenvalue weighted by Crippen LogP contribution is -2.71. The third-order valence-corrected chi connectivity index (χ3v) is 5.41. The Morgan fingerprint density at radius 2 is 1.00 bits per heavy atom. The molecule has 2 aliphatic rings. The van der Waals surface area contributed by atoms with Crippen LogP contribution in [0, 0.1) is 17.3 Å². The molecular formula is C17H26N2O4. The van der Waals surface area contributed by atoms with E-state index in [1.165, 1.54) is 0 Å². The van der Waals surface area contributed by atoms with Crippen LogP contribution in [0.15, 0.2) is 0 Å². The zero-order valence-corrected chi connectivity index (χ0v) is 14.4. The van der Waals surface area contributed by atoms with Crippen molar-refractivity contribution in [2.75, 3.05) is 13.1 Å². The summed E-state index contributed by atoms with van der Waals surface area (Å²) in [6.07, 6.45) is 2.16. The van der Waals surface area contributed by atoms with Crippen LogP contribution < -0.4 is 0 Å². The number of imide groups is 2. The van der Waals surface area contributed by atoms with Crippen molar-refractivity contribution < 1.29 is 19.2 Å². The van der Waals surface area contributed by atoms with Crippen LogP contribution in [0.25, 0.3) is 0 Å². The maximum Gasteiger partial charge on any atom is 0.242 e. The third-order valence-electron chi connectivity index (χ3n) is 5.41.